The Labute approximate surface area is 302 Å². The van der Waals surface area contributed by atoms with Crippen molar-refractivity contribution in [2.45, 2.75) is 207 Å². The highest BCUT2D eigenvalue weighted by Crippen LogP contribution is 2.41. The van der Waals surface area contributed by atoms with E-state index in [4.69, 9.17) is 0 Å². The molecule has 0 aliphatic heterocycles. The molecule has 0 saturated heterocycles. The van der Waals surface area contributed by atoms with Crippen LogP contribution in [0.5, 0.6) is 0 Å². The number of aromatic carboxylic acids is 1. The highest BCUT2D eigenvalue weighted by molar-refractivity contribution is 14.2. The van der Waals surface area contributed by atoms with Gasteiger partial charge in [0, 0.05) is 0 Å². The third-order valence-electron chi connectivity index (χ3n) is 10.3. The minimum absolute atomic E-state index is 0.0585. The molecule has 0 aliphatic carbocycles. The molecule has 0 fully saturated rings. The van der Waals surface area contributed by atoms with Gasteiger partial charge in [-0.1, -0.05) is 168 Å². The first kappa shape index (κ1) is 42.7. The summed E-state index contributed by atoms with van der Waals surface area (Å²) in [4.78, 5) is 13.0. The molecule has 0 bridgehead atoms. The highest BCUT2D eigenvalue weighted by Gasteiger charge is 2.28. The minimum Gasteiger partial charge on any atom is -0.478 e. The maximum atomic E-state index is 13.1. The summed E-state index contributed by atoms with van der Waals surface area (Å²) < 4.78 is 26.4. The zero-order chi connectivity index (χ0) is 35.0. The fourth-order valence-electron chi connectivity index (χ4n) is 7.57. The van der Waals surface area contributed by atoms with Crippen molar-refractivity contribution >= 4 is 36.5 Å². The van der Waals surface area contributed by atoms with Crippen molar-refractivity contribution in [2.24, 2.45) is 0 Å². The molecule has 0 saturated carbocycles. The van der Waals surface area contributed by atoms with Crippen LogP contribution in [0, 0.1) is 3.57 Å². The van der Waals surface area contributed by atoms with Crippen LogP contribution in [0.15, 0.2) is 12.1 Å². The van der Waals surface area contributed by atoms with Crippen molar-refractivity contribution in [3.05, 3.63) is 43.5 Å². The molecule has 1 N–H and O–H groups in total. The fraction of sp³-hybridized carbons (Fsp3) is 0.744. The van der Waals surface area contributed by atoms with Crippen LogP contribution in [0.25, 0.3) is 10.8 Å². The summed E-state index contributed by atoms with van der Waals surface area (Å²) >= 11 is -4.11. The average Bonchev–Trinajstić information content (AvgIpc) is 3.07. The largest absolute Gasteiger partial charge is 0.478 e. The zero-order valence-electron chi connectivity index (χ0n) is 31.5. The van der Waals surface area contributed by atoms with E-state index in [1.165, 1.54) is 126 Å². The molecule has 0 aliphatic rings. The normalized spacial score (nSPS) is 11.7. The number of aryl methyl sites for hydroxylation is 3. The van der Waals surface area contributed by atoms with Crippen molar-refractivity contribution in [1.82, 2.24) is 0 Å². The van der Waals surface area contributed by atoms with Crippen LogP contribution in [0.3, 0.4) is 0 Å². The Balaban J connectivity index is 2.70. The molecule has 2 rings (SSSR count). The van der Waals surface area contributed by atoms with Gasteiger partial charge >= 0.3 is 25.8 Å². The summed E-state index contributed by atoms with van der Waals surface area (Å²) in [6, 6.07) is 4.14. The van der Waals surface area contributed by atoms with E-state index in [1.54, 1.807) is 0 Å². The molecule has 0 heterocycles. The fourth-order valence-corrected chi connectivity index (χ4v) is 9.66. The smallest absolute Gasteiger partial charge is 0.342 e. The lowest BCUT2D eigenvalue weighted by molar-refractivity contribution is 0.0697. The van der Waals surface area contributed by atoms with Gasteiger partial charge in [0.05, 0.1) is 9.13 Å². The van der Waals surface area contributed by atoms with Crippen LogP contribution in [0.1, 0.15) is 214 Å². The second kappa shape index (κ2) is 26.3. The molecule has 0 atom stereocenters. The second-order valence-electron chi connectivity index (χ2n) is 14.4. The number of hydrogen-bond donors (Lipinski definition) is 1. The number of fused-ring (bicyclic) bond motifs is 1. The SMILES string of the molecule is CCCCCCCCc1ccc2c(C(=O)O)c(I(=O)=O)c(CCCCCCCC)c(CCCCCCCC)c2c1CCCCCCCC. The molecule has 2 aromatic carbocycles. The zero-order valence-corrected chi connectivity index (χ0v) is 33.7. The summed E-state index contributed by atoms with van der Waals surface area (Å²) in [6.45, 7) is 8.98. The molecule has 0 spiro atoms. The van der Waals surface area contributed by atoms with Crippen LogP contribution < -0.4 is 0 Å². The summed E-state index contributed by atoms with van der Waals surface area (Å²) in [5.74, 6) is -1.09. The maximum Gasteiger partial charge on any atom is 0.342 e. The highest BCUT2D eigenvalue weighted by atomic mass is 127. The van der Waals surface area contributed by atoms with Gasteiger partial charge in [-0.3, -0.25) is 0 Å². The van der Waals surface area contributed by atoms with Crippen molar-refractivity contribution in [3.63, 3.8) is 0 Å². The van der Waals surface area contributed by atoms with Crippen LogP contribution in [0.2, 0.25) is 0 Å². The lowest BCUT2D eigenvalue weighted by atomic mass is 9.83. The van der Waals surface area contributed by atoms with Gasteiger partial charge in [0.25, 0.3) is 0 Å². The van der Waals surface area contributed by atoms with Crippen LogP contribution in [0.4, 0.5) is 0 Å². The number of benzene rings is 2. The monoisotopic (exact) mass is 778 g/mol. The summed E-state index contributed by atoms with van der Waals surface area (Å²) in [7, 11) is 0. The molecule has 0 amide bonds. The molecule has 5 heteroatoms. The Morgan fingerprint density at radius 1 is 0.500 bits per heavy atom. The molecule has 274 valence electrons. The standard InChI is InChI=1S/C43H71IO4/c1-5-9-13-17-21-25-29-35-33-34-39-40(36(35)30-26-22-18-14-10-6-2)37(31-27-23-19-15-11-7-3)38(32-28-24-20-16-12-8-4)42(44(47)48)41(39)43(45)46/h33-34H,5-32H2,1-4H3,(H,45,46). The lowest BCUT2D eigenvalue weighted by Crippen LogP contribution is -2.12. The quantitative estimate of drug-likeness (QED) is 0.0633. The maximum absolute atomic E-state index is 13.1. The topological polar surface area (TPSA) is 71.4 Å². The van der Waals surface area contributed by atoms with E-state index in [-0.39, 0.29) is 9.13 Å². The van der Waals surface area contributed by atoms with E-state index in [9.17, 15) is 16.0 Å². The lowest BCUT2D eigenvalue weighted by Gasteiger charge is -2.23. The van der Waals surface area contributed by atoms with Gasteiger partial charge in [-0.05, 0) is 84.4 Å². The molecular formula is C43H71IO4. The van der Waals surface area contributed by atoms with Crippen LogP contribution in [-0.4, -0.2) is 11.1 Å². The number of unbranched alkanes of at least 4 members (excludes halogenated alkanes) is 20. The van der Waals surface area contributed by atoms with Gasteiger partial charge in [0.1, 0.15) is 0 Å². The van der Waals surface area contributed by atoms with Crippen molar-refractivity contribution in [2.75, 3.05) is 0 Å². The number of halogens is 1. The number of carbonyl (C=O) groups is 1. The van der Waals surface area contributed by atoms with E-state index in [0.717, 1.165) is 75.2 Å². The Hall–Kier alpha value is -1.50. The minimum atomic E-state index is -4.11. The Morgan fingerprint density at radius 2 is 0.875 bits per heavy atom. The van der Waals surface area contributed by atoms with Gasteiger partial charge in [0.15, 0.2) is 0 Å². The molecule has 4 nitrogen and oxygen atoms in total. The molecule has 2 aromatic rings. The third-order valence-corrected chi connectivity index (χ3v) is 12.4. The van der Waals surface area contributed by atoms with E-state index in [2.05, 4.69) is 33.8 Å². The Bertz CT molecular complexity index is 1250. The van der Waals surface area contributed by atoms with Gasteiger partial charge < -0.3 is 5.11 Å². The Kier molecular flexibility index (Phi) is 23.4. The predicted octanol–water partition coefficient (Wildman–Crippen LogP) is 14.5. The van der Waals surface area contributed by atoms with Crippen LogP contribution >= 0.6 is 19.8 Å². The van der Waals surface area contributed by atoms with Gasteiger partial charge in [0.2, 0.25) is 0 Å². The Morgan fingerprint density at radius 3 is 1.29 bits per heavy atom. The molecule has 0 unspecified atom stereocenters. The number of rotatable bonds is 30. The first-order chi connectivity index (χ1) is 23.4. The van der Waals surface area contributed by atoms with Crippen molar-refractivity contribution < 1.29 is 16.0 Å². The molecule has 0 aromatic heterocycles. The van der Waals surface area contributed by atoms with Crippen molar-refractivity contribution in [1.29, 1.82) is 0 Å². The van der Waals surface area contributed by atoms with Gasteiger partial charge in [-0.2, -0.15) is 0 Å². The number of carboxylic acid groups (broad SMARTS) is 1. The van der Waals surface area contributed by atoms with E-state index >= 15 is 0 Å². The van der Waals surface area contributed by atoms with Gasteiger partial charge in [-0.15, -0.1) is 0 Å². The summed E-state index contributed by atoms with van der Waals surface area (Å²) in [5, 5.41) is 12.4. The summed E-state index contributed by atoms with van der Waals surface area (Å²) in [6.07, 6.45) is 32.1. The average molecular weight is 779 g/mol. The van der Waals surface area contributed by atoms with Gasteiger partial charge in [-0.25, -0.2) is 10.9 Å². The first-order valence-corrected chi connectivity index (χ1v) is 23.2. The van der Waals surface area contributed by atoms with E-state index in [1.807, 2.05) is 6.07 Å². The molecular weight excluding hydrogens is 707 g/mol. The third kappa shape index (κ3) is 14.8. The second-order valence-corrected chi connectivity index (χ2v) is 16.7. The summed E-state index contributed by atoms with van der Waals surface area (Å²) in [5.41, 5.74) is 4.79. The predicted molar refractivity (Wildman–Crippen MR) is 213 cm³/mol. The van der Waals surface area contributed by atoms with E-state index in [0.29, 0.717) is 11.8 Å². The van der Waals surface area contributed by atoms with E-state index < -0.39 is 25.8 Å². The van der Waals surface area contributed by atoms with Crippen LogP contribution in [-0.2, 0) is 31.8 Å². The van der Waals surface area contributed by atoms with Crippen molar-refractivity contribution in [3.8, 4) is 0 Å². The number of hydrogen-bond acceptors (Lipinski definition) is 3. The number of carboxylic acids is 1. The first-order valence-electron chi connectivity index (χ1n) is 20.3. The molecule has 48 heavy (non-hydrogen) atoms. The molecule has 0 radical (unpaired) electrons.